The molecule has 102 valence electrons. The summed E-state index contributed by atoms with van der Waals surface area (Å²) in [7, 11) is 0. The number of hydrogen-bond donors (Lipinski definition) is 3. The van der Waals surface area contributed by atoms with Crippen molar-refractivity contribution in [3.05, 3.63) is 67.0 Å². The van der Waals surface area contributed by atoms with Gasteiger partial charge in [-0.05, 0) is 12.1 Å². The van der Waals surface area contributed by atoms with Crippen molar-refractivity contribution >= 4 is 17.6 Å². The summed E-state index contributed by atoms with van der Waals surface area (Å²) >= 11 is 0. The molecule has 9 nitrogen and oxygen atoms in total. The number of anilines is 1. The Morgan fingerprint density at radius 1 is 1.20 bits per heavy atom. The molecule has 0 radical (unpaired) electrons. The summed E-state index contributed by atoms with van der Waals surface area (Å²) in [6.45, 7) is 0. The predicted molar refractivity (Wildman–Crippen MR) is 72.0 cm³/mol. The van der Waals surface area contributed by atoms with Crippen LogP contribution in [0, 0.1) is 10.1 Å². The van der Waals surface area contributed by atoms with Gasteiger partial charge < -0.3 is 4.98 Å². The minimum Gasteiger partial charge on any atom is -0.306 e. The summed E-state index contributed by atoms with van der Waals surface area (Å²) in [4.78, 5) is 36.4. The largest absolute Gasteiger partial charge is 0.326 e. The number of aromatic amines is 2. The molecule has 3 N–H and O–H groups in total. The molecule has 20 heavy (non-hydrogen) atoms. The Hall–Kier alpha value is -3.23. The molecule has 0 aliphatic heterocycles. The van der Waals surface area contributed by atoms with Crippen LogP contribution in [-0.2, 0) is 0 Å². The molecule has 2 aromatic rings. The standard InChI is InChI=1S/C11H9N5O4/c17-10-5-8(13-11(18)14-10)6-12-15-7-1-3-9(4-2-7)16(19)20/h1-6,15H,(H2,13,14,17,18)/b12-6-. The van der Waals surface area contributed by atoms with Crippen molar-refractivity contribution in [1.82, 2.24) is 9.97 Å². The van der Waals surface area contributed by atoms with Gasteiger partial charge in [0, 0.05) is 18.2 Å². The van der Waals surface area contributed by atoms with Crippen LogP contribution in [-0.4, -0.2) is 21.1 Å². The summed E-state index contributed by atoms with van der Waals surface area (Å²) in [5.41, 5.74) is 2.17. The highest BCUT2D eigenvalue weighted by molar-refractivity contribution is 5.77. The third-order valence-corrected chi connectivity index (χ3v) is 2.26. The molecular weight excluding hydrogens is 266 g/mol. The molecule has 0 saturated carbocycles. The van der Waals surface area contributed by atoms with E-state index in [-0.39, 0.29) is 11.4 Å². The van der Waals surface area contributed by atoms with E-state index in [2.05, 4.69) is 15.5 Å². The van der Waals surface area contributed by atoms with Gasteiger partial charge in [-0.15, -0.1) is 0 Å². The number of H-pyrrole nitrogens is 2. The van der Waals surface area contributed by atoms with Crippen molar-refractivity contribution in [2.24, 2.45) is 5.10 Å². The molecule has 0 aliphatic rings. The Bertz CT molecular complexity index is 731. The number of hydrazone groups is 1. The molecule has 1 aromatic carbocycles. The highest BCUT2D eigenvalue weighted by atomic mass is 16.6. The molecule has 0 unspecified atom stereocenters. The maximum atomic E-state index is 11.0. The monoisotopic (exact) mass is 275 g/mol. The molecule has 0 aliphatic carbocycles. The summed E-state index contributed by atoms with van der Waals surface area (Å²) < 4.78 is 0. The van der Waals surface area contributed by atoms with E-state index in [4.69, 9.17) is 0 Å². The average molecular weight is 275 g/mol. The van der Waals surface area contributed by atoms with Gasteiger partial charge in [0.25, 0.3) is 11.2 Å². The Balaban J connectivity index is 2.07. The first kappa shape index (κ1) is 13.2. The Labute approximate surface area is 111 Å². The zero-order valence-electron chi connectivity index (χ0n) is 9.99. The van der Waals surface area contributed by atoms with E-state index in [1.807, 2.05) is 4.98 Å². The smallest absolute Gasteiger partial charge is 0.306 e. The molecule has 2 rings (SSSR count). The van der Waals surface area contributed by atoms with Gasteiger partial charge in [-0.3, -0.25) is 25.3 Å². The van der Waals surface area contributed by atoms with Gasteiger partial charge in [-0.1, -0.05) is 0 Å². The van der Waals surface area contributed by atoms with Crippen LogP contribution in [0.3, 0.4) is 0 Å². The molecule has 0 spiro atoms. The van der Waals surface area contributed by atoms with Gasteiger partial charge in [0.2, 0.25) is 0 Å². The van der Waals surface area contributed by atoms with Crippen LogP contribution in [0.25, 0.3) is 0 Å². The second-order valence-corrected chi connectivity index (χ2v) is 3.72. The van der Waals surface area contributed by atoms with Crippen molar-refractivity contribution in [2.45, 2.75) is 0 Å². The van der Waals surface area contributed by atoms with E-state index in [9.17, 15) is 19.7 Å². The molecular formula is C11H9N5O4. The molecule has 0 bridgehead atoms. The summed E-state index contributed by atoms with van der Waals surface area (Å²) in [5, 5.41) is 14.3. The molecule has 0 atom stereocenters. The van der Waals surface area contributed by atoms with Crippen LogP contribution in [0.2, 0.25) is 0 Å². The highest BCUT2D eigenvalue weighted by Gasteiger charge is 2.02. The lowest BCUT2D eigenvalue weighted by Crippen LogP contribution is -2.22. The lowest BCUT2D eigenvalue weighted by Gasteiger charge is -1.99. The molecule has 1 aromatic heterocycles. The van der Waals surface area contributed by atoms with Crippen molar-refractivity contribution in [3.8, 4) is 0 Å². The lowest BCUT2D eigenvalue weighted by atomic mass is 10.3. The third-order valence-electron chi connectivity index (χ3n) is 2.26. The van der Waals surface area contributed by atoms with E-state index >= 15 is 0 Å². The number of hydrogen-bond acceptors (Lipinski definition) is 6. The number of nitro groups is 1. The topological polar surface area (TPSA) is 133 Å². The first-order valence-electron chi connectivity index (χ1n) is 5.42. The SMILES string of the molecule is O=c1cc(/C=N\Nc2ccc([N+](=O)[O-])cc2)[nH]c(=O)[nH]1. The molecule has 0 fully saturated rings. The number of aromatic nitrogens is 2. The average Bonchev–Trinajstić information content (AvgIpc) is 2.38. The zero-order chi connectivity index (χ0) is 14.5. The molecule has 0 amide bonds. The summed E-state index contributed by atoms with van der Waals surface area (Å²) in [6.07, 6.45) is 1.25. The van der Waals surface area contributed by atoms with Crippen LogP contribution in [0.15, 0.2) is 45.0 Å². The number of nitrogens with zero attached hydrogens (tertiary/aromatic N) is 2. The van der Waals surface area contributed by atoms with Gasteiger partial charge in [0.1, 0.15) is 0 Å². The van der Waals surface area contributed by atoms with E-state index in [0.717, 1.165) is 0 Å². The first-order chi connectivity index (χ1) is 9.54. The van der Waals surface area contributed by atoms with Gasteiger partial charge in [-0.25, -0.2) is 4.79 Å². The molecule has 1 heterocycles. The van der Waals surface area contributed by atoms with Gasteiger partial charge in [0.05, 0.1) is 22.5 Å². The van der Waals surface area contributed by atoms with Crippen molar-refractivity contribution < 1.29 is 4.92 Å². The summed E-state index contributed by atoms with van der Waals surface area (Å²) in [6, 6.07) is 6.79. The van der Waals surface area contributed by atoms with Crippen LogP contribution in [0.5, 0.6) is 0 Å². The third kappa shape index (κ3) is 3.38. The Morgan fingerprint density at radius 2 is 1.90 bits per heavy atom. The van der Waals surface area contributed by atoms with E-state index in [1.165, 1.54) is 36.5 Å². The maximum absolute atomic E-state index is 11.0. The zero-order valence-corrected chi connectivity index (χ0v) is 9.99. The van der Waals surface area contributed by atoms with Crippen molar-refractivity contribution in [3.63, 3.8) is 0 Å². The maximum Gasteiger partial charge on any atom is 0.326 e. The van der Waals surface area contributed by atoms with Crippen LogP contribution >= 0.6 is 0 Å². The number of rotatable bonds is 4. The van der Waals surface area contributed by atoms with E-state index < -0.39 is 16.2 Å². The van der Waals surface area contributed by atoms with E-state index in [0.29, 0.717) is 5.69 Å². The van der Waals surface area contributed by atoms with Gasteiger partial charge >= 0.3 is 5.69 Å². The van der Waals surface area contributed by atoms with Crippen LogP contribution < -0.4 is 16.7 Å². The molecule has 0 saturated heterocycles. The lowest BCUT2D eigenvalue weighted by molar-refractivity contribution is -0.384. The second kappa shape index (κ2) is 5.61. The normalized spacial score (nSPS) is 10.6. The van der Waals surface area contributed by atoms with Crippen LogP contribution in [0.1, 0.15) is 5.69 Å². The minimum atomic E-state index is -0.630. The van der Waals surface area contributed by atoms with Gasteiger partial charge in [0.15, 0.2) is 0 Å². The van der Waals surface area contributed by atoms with Crippen molar-refractivity contribution in [1.29, 1.82) is 0 Å². The van der Waals surface area contributed by atoms with Crippen molar-refractivity contribution in [2.75, 3.05) is 5.43 Å². The number of benzene rings is 1. The van der Waals surface area contributed by atoms with Crippen LogP contribution in [0.4, 0.5) is 11.4 Å². The van der Waals surface area contributed by atoms with Gasteiger partial charge in [-0.2, -0.15) is 5.10 Å². The van der Waals surface area contributed by atoms with E-state index in [1.54, 1.807) is 0 Å². The Morgan fingerprint density at radius 3 is 2.50 bits per heavy atom. The fourth-order valence-electron chi connectivity index (χ4n) is 1.39. The number of nitrogens with one attached hydrogen (secondary N) is 3. The summed E-state index contributed by atoms with van der Waals surface area (Å²) in [5.74, 6) is 0. The second-order valence-electron chi connectivity index (χ2n) is 3.72. The quantitative estimate of drug-likeness (QED) is 0.422. The fourth-order valence-corrected chi connectivity index (χ4v) is 1.39. The predicted octanol–water partition coefficient (Wildman–Crippen LogP) is 0.417. The highest BCUT2D eigenvalue weighted by Crippen LogP contribution is 2.14. The number of nitro benzene ring substituents is 1. The number of non-ortho nitro benzene ring substituents is 1. The first-order valence-corrected chi connectivity index (χ1v) is 5.42. The fraction of sp³-hybridized carbons (Fsp3) is 0. The Kier molecular flexibility index (Phi) is 3.70. The molecule has 9 heteroatoms. The minimum absolute atomic E-state index is 0.0292.